The van der Waals surface area contributed by atoms with Crippen molar-refractivity contribution in [2.75, 3.05) is 31.6 Å². The zero-order chi connectivity index (χ0) is 19.6. The molecule has 10 heteroatoms. The summed E-state index contributed by atoms with van der Waals surface area (Å²) in [5.74, 6) is 0. The Kier molecular flexibility index (Phi) is 6.25. The van der Waals surface area contributed by atoms with Crippen LogP contribution in [0.25, 0.3) is 0 Å². The van der Waals surface area contributed by atoms with E-state index in [2.05, 4.69) is 5.32 Å². The Morgan fingerprint density at radius 1 is 1.22 bits per heavy atom. The molecule has 0 saturated carbocycles. The molecule has 3 rings (SSSR count). The van der Waals surface area contributed by atoms with Gasteiger partial charge in [-0.05, 0) is 38.7 Å². The Morgan fingerprint density at radius 3 is 2.44 bits per heavy atom. The quantitative estimate of drug-likeness (QED) is 0.583. The molecule has 1 N–H and O–H groups in total. The Hall–Kier alpha value is -1.42. The van der Waals surface area contributed by atoms with E-state index < -0.39 is 14.9 Å². The van der Waals surface area contributed by atoms with Gasteiger partial charge in [0.1, 0.15) is 0 Å². The van der Waals surface area contributed by atoms with Crippen LogP contribution in [0.4, 0.5) is 11.4 Å². The van der Waals surface area contributed by atoms with Crippen LogP contribution >= 0.6 is 11.6 Å². The monoisotopic (exact) mass is 417 g/mol. The van der Waals surface area contributed by atoms with Gasteiger partial charge in [-0.1, -0.05) is 11.6 Å². The van der Waals surface area contributed by atoms with Crippen molar-refractivity contribution in [1.82, 2.24) is 4.31 Å². The molecule has 0 aromatic heterocycles. The summed E-state index contributed by atoms with van der Waals surface area (Å²) in [6, 6.07) is 3.10. The summed E-state index contributed by atoms with van der Waals surface area (Å²) in [6.45, 7) is 3.59. The van der Waals surface area contributed by atoms with E-state index in [1.807, 2.05) is 0 Å². The summed E-state index contributed by atoms with van der Waals surface area (Å²) < 4.78 is 32.4. The fourth-order valence-electron chi connectivity index (χ4n) is 3.64. The molecule has 0 spiro atoms. The van der Waals surface area contributed by atoms with Gasteiger partial charge in [0.25, 0.3) is 5.69 Å². The Bertz CT molecular complexity index is 803. The molecule has 0 bridgehead atoms. The highest BCUT2D eigenvalue weighted by molar-refractivity contribution is 7.89. The van der Waals surface area contributed by atoms with Gasteiger partial charge < -0.3 is 10.1 Å². The summed E-state index contributed by atoms with van der Waals surface area (Å²) in [6.07, 6.45) is 2.43. The number of aryl methyl sites for hydroxylation is 1. The van der Waals surface area contributed by atoms with Crippen LogP contribution in [-0.4, -0.2) is 55.2 Å². The van der Waals surface area contributed by atoms with Crippen molar-refractivity contribution in [2.45, 2.75) is 43.9 Å². The van der Waals surface area contributed by atoms with Gasteiger partial charge in [0.05, 0.1) is 20.9 Å². The van der Waals surface area contributed by atoms with Gasteiger partial charge in [-0.15, -0.1) is 0 Å². The lowest BCUT2D eigenvalue weighted by atomic mass is 10.1. The molecule has 2 aliphatic rings. The zero-order valence-corrected chi connectivity index (χ0v) is 16.8. The normalized spacial score (nSPS) is 20.5. The van der Waals surface area contributed by atoms with Gasteiger partial charge >= 0.3 is 0 Å². The summed E-state index contributed by atoms with van der Waals surface area (Å²) in [5.41, 5.74) is 1.17. The van der Waals surface area contributed by atoms with Crippen LogP contribution in [0.15, 0.2) is 12.1 Å². The highest BCUT2D eigenvalue weighted by Gasteiger charge is 2.35. The minimum atomic E-state index is -3.29. The molecule has 0 aliphatic carbocycles. The highest BCUT2D eigenvalue weighted by atomic mass is 35.5. The molecule has 8 nitrogen and oxygen atoms in total. The number of nitro groups is 1. The van der Waals surface area contributed by atoms with Gasteiger partial charge in [0.15, 0.2) is 0 Å². The maximum atomic E-state index is 12.8. The van der Waals surface area contributed by atoms with E-state index in [0.717, 1.165) is 0 Å². The van der Waals surface area contributed by atoms with Crippen LogP contribution in [0.1, 0.15) is 31.2 Å². The minimum Gasteiger partial charge on any atom is -0.381 e. The number of ether oxygens (including phenoxy) is 1. The number of rotatable bonds is 5. The lowest BCUT2D eigenvalue weighted by Gasteiger charge is -2.35. The van der Waals surface area contributed by atoms with E-state index >= 15 is 0 Å². The molecule has 0 radical (unpaired) electrons. The van der Waals surface area contributed by atoms with E-state index in [1.54, 1.807) is 17.3 Å². The molecule has 2 fully saturated rings. The average Bonchev–Trinajstić information content (AvgIpc) is 2.65. The summed E-state index contributed by atoms with van der Waals surface area (Å²) in [4.78, 5) is 10.5. The summed E-state index contributed by atoms with van der Waals surface area (Å²) in [7, 11) is -3.29. The van der Waals surface area contributed by atoms with Gasteiger partial charge in [0, 0.05) is 44.0 Å². The number of halogens is 1. The first kappa shape index (κ1) is 20.3. The first-order chi connectivity index (χ1) is 12.8. The van der Waals surface area contributed by atoms with Crippen LogP contribution in [0.3, 0.4) is 0 Å². The number of nitrogens with one attached hydrogen (secondary N) is 1. The van der Waals surface area contributed by atoms with Crippen LogP contribution in [-0.2, 0) is 14.8 Å². The molecule has 2 saturated heterocycles. The van der Waals surface area contributed by atoms with E-state index in [-0.39, 0.29) is 17.0 Å². The van der Waals surface area contributed by atoms with Gasteiger partial charge in [-0.2, -0.15) is 0 Å². The summed E-state index contributed by atoms with van der Waals surface area (Å²) >= 11 is 6.18. The van der Waals surface area contributed by atoms with E-state index in [0.29, 0.717) is 68.3 Å². The van der Waals surface area contributed by atoms with Gasteiger partial charge in [-0.3, -0.25) is 10.1 Å². The van der Waals surface area contributed by atoms with Crippen molar-refractivity contribution < 1.29 is 18.1 Å². The fraction of sp³-hybridized carbons (Fsp3) is 0.647. The van der Waals surface area contributed by atoms with Crippen LogP contribution < -0.4 is 5.32 Å². The van der Waals surface area contributed by atoms with E-state index in [4.69, 9.17) is 16.3 Å². The number of nitrogens with zero attached hydrogens (tertiary/aromatic N) is 2. The second-order valence-electron chi connectivity index (χ2n) is 7.05. The number of piperidine rings is 1. The average molecular weight is 418 g/mol. The molecule has 150 valence electrons. The second-order valence-corrected chi connectivity index (χ2v) is 9.67. The Labute approximate surface area is 164 Å². The molecule has 27 heavy (non-hydrogen) atoms. The number of benzene rings is 1. The standard InChI is InChI=1S/C17H24ClN3O5S/c1-12-10-16(15(18)11-17(12)21(22)23)19-13-2-6-20(7-3-13)27(24,25)14-4-8-26-9-5-14/h10-11,13-14,19H,2-9H2,1H3. The Balaban J connectivity index is 1.61. The molecule has 0 amide bonds. The Morgan fingerprint density at radius 2 is 1.85 bits per heavy atom. The van der Waals surface area contributed by atoms with E-state index in [1.165, 1.54) is 6.07 Å². The number of hydrogen-bond acceptors (Lipinski definition) is 6. The first-order valence-electron chi connectivity index (χ1n) is 9.07. The van der Waals surface area contributed by atoms with Gasteiger partial charge in [0.2, 0.25) is 10.0 Å². The number of nitro benzene ring substituents is 1. The molecule has 1 aromatic rings. The number of hydrogen-bond donors (Lipinski definition) is 1. The molecule has 0 atom stereocenters. The minimum absolute atomic E-state index is 0.0112. The largest absolute Gasteiger partial charge is 0.381 e. The number of sulfonamides is 1. The molecule has 0 unspecified atom stereocenters. The highest BCUT2D eigenvalue weighted by Crippen LogP contribution is 2.32. The van der Waals surface area contributed by atoms with Gasteiger partial charge in [-0.25, -0.2) is 12.7 Å². The van der Waals surface area contributed by atoms with Crippen molar-refractivity contribution in [3.63, 3.8) is 0 Å². The van der Waals surface area contributed by atoms with Crippen molar-refractivity contribution in [3.8, 4) is 0 Å². The third kappa shape index (κ3) is 4.53. The lowest BCUT2D eigenvalue weighted by molar-refractivity contribution is -0.385. The van der Waals surface area contributed by atoms with Crippen molar-refractivity contribution in [2.24, 2.45) is 0 Å². The van der Waals surface area contributed by atoms with Crippen molar-refractivity contribution in [1.29, 1.82) is 0 Å². The fourth-order valence-corrected chi connectivity index (χ4v) is 5.78. The molecule has 1 aromatic carbocycles. The van der Waals surface area contributed by atoms with Crippen molar-refractivity contribution in [3.05, 3.63) is 32.8 Å². The van der Waals surface area contributed by atoms with Crippen LogP contribution in [0, 0.1) is 17.0 Å². The molecule has 2 aliphatic heterocycles. The first-order valence-corrected chi connectivity index (χ1v) is 10.9. The smallest absolute Gasteiger partial charge is 0.273 e. The predicted molar refractivity (Wildman–Crippen MR) is 104 cm³/mol. The van der Waals surface area contributed by atoms with Crippen molar-refractivity contribution >= 4 is 33.0 Å². The third-order valence-corrected chi connectivity index (χ3v) is 7.96. The molecular formula is C17H24ClN3O5S. The zero-order valence-electron chi connectivity index (χ0n) is 15.2. The molecule has 2 heterocycles. The third-order valence-electron chi connectivity index (χ3n) is 5.25. The maximum Gasteiger partial charge on any atom is 0.273 e. The number of anilines is 1. The lowest BCUT2D eigenvalue weighted by Crippen LogP contribution is -2.47. The maximum absolute atomic E-state index is 12.8. The second kappa shape index (κ2) is 8.30. The van der Waals surface area contributed by atoms with Crippen LogP contribution in [0.5, 0.6) is 0 Å². The summed E-state index contributed by atoms with van der Waals surface area (Å²) in [5, 5.41) is 14.3. The predicted octanol–water partition coefficient (Wildman–Crippen LogP) is 2.94. The topological polar surface area (TPSA) is 102 Å². The SMILES string of the molecule is Cc1cc(NC2CCN(S(=O)(=O)C3CCOCC3)CC2)c(Cl)cc1[N+](=O)[O-]. The molecular weight excluding hydrogens is 394 g/mol. The van der Waals surface area contributed by atoms with Crippen LogP contribution in [0.2, 0.25) is 5.02 Å². The van der Waals surface area contributed by atoms with E-state index in [9.17, 15) is 18.5 Å².